The van der Waals surface area contributed by atoms with E-state index in [0.29, 0.717) is 6.04 Å². The van der Waals surface area contributed by atoms with Gasteiger partial charge in [0.1, 0.15) is 0 Å². The van der Waals surface area contributed by atoms with Crippen LogP contribution in [0.1, 0.15) is 44.8 Å². The Bertz CT molecular complexity index is 268. The topological polar surface area (TPSA) is 29.9 Å². The molecule has 15 heavy (non-hydrogen) atoms. The van der Waals surface area contributed by atoms with Gasteiger partial charge in [-0.1, -0.05) is 19.8 Å². The predicted molar refractivity (Wildman–Crippen MR) is 64.1 cm³/mol. The van der Waals surface area contributed by atoms with E-state index in [0.717, 1.165) is 18.8 Å². The molecule has 0 amide bonds. The zero-order valence-corrected chi connectivity index (χ0v) is 10.2. The van der Waals surface area contributed by atoms with Crippen molar-refractivity contribution in [1.29, 1.82) is 0 Å². The smallest absolute Gasteiger partial charge is 0.0615 e. The van der Waals surface area contributed by atoms with Gasteiger partial charge in [-0.2, -0.15) is 5.10 Å². The van der Waals surface area contributed by atoms with E-state index in [1.165, 1.54) is 19.3 Å². The molecule has 0 bridgehead atoms. The molecule has 3 nitrogen and oxygen atoms in total. The normalized spacial score (nSPS) is 13.0. The number of hydrogen-bond donors (Lipinski definition) is 1. The molecule has 0 saturated carbocycles. The second-order valence-corrected chi connectivity index (χ2v) is 4.20. The lowest BCUT2D eigenvalue weighted by Crippen LogP contribution is -2.24. The molecular formula is C12H23N3. The highest BCUT2D eigenvalue weighted by Gasteiger charge is 2.03. The highest BCUT2D eigenvalue weighted by molar-refractivity contribution is 4.95. The van der Waals surface area contributed by atoms with Crippen molar-refractivity contribution >= 4 is 0 Å². The van der Waals surface area contributed by atoms with Crippen molar-refractivity contribution < 1.29 is 0 Å². The lowest BCUT2D eigenvalue weighted by Gasteiger charge is -2.13. The first-order valence-corrected chi connectivity index (χ1v) is 5.96. The van der Waals surface area contributed by atoms with Crippen LogP contribution in [0.25, 0.3) is 0 Å². The first-order valence-electron chi connectivity index (χ1n) is 5.96. The van der Waals surface area contributed by atoms with Crippen LogP contribution in [0, 0.1) is 6.92 Å². The van der Waals surface area contributed by atoms with Crippen molar-refractivity contribution in [2.24, 2.45) is 0 Å². The van der Waals surface area contributed by atoms with Gasteiger partial charge in [0.05, 0.1) is 11.7 Å². The molecule has 0 saturated heterocycles. The molecule has 0 aliphatic rings. The Morgan fingerprint density at radius 3 is 2.87 bits per heavy atom. The number of unbranched alkanes of at least 4 members (excludes halogenated alkanes) is 2. The van der Waals surface area contributed by atoms with E-state index >= 15 is 0 Å². The van der Waals surface area contributed by atoms with Crippen molar-refractivity contribution in [2.75, 3.05) is 13.1 Å². The van der Waals surface area contributed by atoms with E-state index in [9.17, 15) is 0 Å². The summed E-state index contributed by atoms with van der Waals surface area (Å²) in [6.07, 6.45) is 5.94. The van der Waals surface area contributed by atoms with E-state index in [1.54, 1.807) is 0 Å². The van der Waals surface area contributed by atoms with Gasteiger partial charge in [-0.25, -0.2) is 0 Å². The molecule has 1 rings (SSSR count). The highest BCUT2D eigenvalue weighted by Crippen LogP contribution is 2.03. The summed E-state index contributed by atoms with van der Waals surface area (Å²) >= 11 is 0. The molecular weight excluding hydrogens is 186 g/mol. The zero-order valence-electron chi connectivity index (χ0n) is 10.2. The van der Waals surface area contributed by atoms with Gasteiger partial charge in [0, 0.05) is 12.7 Å². The van der Waals surface area contributed by atoms with Crippen LogP contribution < -0.4 is 5.32 Å². The molecule has 0 aliphatic carbocycles. The van der Waals surface area contributed by atoms with Crippen LogP contribution in [-0.2, 0) is 0 Å². The van der Waals surface area contributed by atoms with Crippen LogP contribution in [0.2, 0.25) is 0 Å². The van der Waals surface area contributed by atoms with Crippen LogP contribution in [0.3, 0.4) is 0 Å². The van der Waals surface area contributed by atoms with Crippen molar-refractivity contribution in [1.82, 2.24) is 15.1 Å². The number of nitrogens with zero attached hydrogens (tertiary/aromatic N) is 2. The highest BCUT2D eigenvalue weighted by atomic mass is 15.3. The molecule has 0 fully saturated rings. The fraction of sp³-hybridized carbons (Fsp3) is 0.750. The van der Waals surface area contributed by atoms with Gasteiger partial charge in [-0.3, -0.25) is 4.68 Å². The lowest BCUT2D eigenvalue weighted by molar-refractivity contribution is 0.448. The molecule has 1 aromatic rings. The number of aromatic nitrogens is 2. The summed E-state index contributed by atoms with van der Waals surface area (Å²) in [5, 5.41) is 7.87. The molecule has 0 radical (unpaired) electrons. The van der Waals surface area contributed by atoms with Crippen LogP contribution in [0.15, 0.2) is 12.3 Å². The lowest BCUT2D eigenvalue weighted by atomic mass is 10.2. The van der Waals surface area contributed by atoms with Gasteiger partial charge < -0.3 is 5.32 Å². The Labute approximate surface area is 92.9 Å². The molecule has 0 spiro atoms. The largest absolute Gasteiger partial charge is 0.315 e. The quantitative estimate of drug-likeness (QED) is 0.699. The van der Waals surface area contributed by atoms with Crippen molar-refractivity contribution in [3.63, 3.8) is 0 Å². The Morgan fingerprint density at radius 1 is 1.47 bits per heavy atom. The number of rotatable bonds is 7. The van der Waals surface area contributed by atoms with E-state index in [-0.39, 0.29) is 0 Å². The summed E-state index contributed by atoms with van der Waals surface area (Å²) in [5.41, 5.74) is 1.09. The SMILES string of the molecule is CCCCCNCC(C)n1ccc(C)n1. The second-order valence-electron chi connectivity index (χ2n) is 4.20. The Balaban J connectivity index is 2.16. The van der Waals surface area contributed by atoms with Gasteiger partial charge in [0.25, 0.3) is 0 Å². The van der Waals surface area contributed by atoms with Crippen LogP contribution in [-0.4, -0.2) is 22.9 Å². The Kier molecular flexibility index (Phi) is 5.40. The molecule has 1 heterocycles. The molecule has 1 aromatic heterocycles. The minimum absolute atomic E-state index is 0.445. The van der Waals surface area contributed by atoms with Gasteiger partial charge in [0.15, 0.2) is 0 Å². The summed E-state index contributed by atoms with van der Waals surface area (Å²) in [6, 6.07) is 2.49. The third-order valence-corrected chi connectivity index (χ3v) is 2.59. The molecule has 0 aliphatic heterocycles. The zero-order chi connectivity index (χ0) is 11.1. The van der Waals surface area contributed by atoms with Crippen LogP contribution >= 0.6 is 0 Å². The third-order valence-electron chi connectivity index (χ3n) is 2.59. The minimum atomic E-state index is 0.445. The van der Waals surface area contributed by atoms with E-state index < -0.39 is 0 Å². The maximum Gasteiger partial charge on any atom is 0.0615 e. The summed E-state index contributed by atoms with van der Waals surface area (Å²) in [6.45, 7) is 8.58. The molecule has 1 N–H and O–H groups in total. The van der Waals surface area contributed by atoms with Gasteiger partial charge >= 0.3 is 0 Å². The van der Waals surface area contributed by atoms with Crippen LogP contribution in [0.5, 0.6) is 0 Å². The standard InChI is InChI=1S/C12H23N3/c1-4-5-6-8-13-10-12(3)15-9-7-11(2)14-15/h7,9,12-13H,4-6,8,10H2,1-3H3. The Morgan fingerprint density at radius 2 is 2.27 bits per heavy atom. The average molecular weight is 209 g/mol. The summed E-state index contributed by atoms with van der Waals surface area (Å²) in [7, 11) is 0. The summed E-state index contributed by atoms with van der Waals surface area (Å²) in [5.74, 6) is 0. The fourth-order valence-corrected chi connectivity index (χ4v) is 1.58. The number of hydrogen-bond acceptors (Lipinski definition) is 2. The minimum Gasteiger partial charge on any atom is -0.315 e. The summed E-state index contributed by atoms with van der Waals surface area (Å²) in [4.78, 5) is 0. The monoisotopic (exact) mass is 209 g/mol. The van der Waals surface area contributed by atoms with Crippen molar-refractivity contribution in [3.8, 4) is 0 Å². The van der Waals surface area contributed by atoms with E-state index in [2.05, 4.69) is 24.3 Å². The average Bonchev–Trinajstić information content (AvgIpc) is 2.64. The van der Waals surface area contributed by atoms with Crippen molar-refractivity contribution in [3.05, 3.63) is 18.0 Å². The number of nitrogens with one attached hydrogen (secondary N) is 1. The van der Waals surface area contributed by atoms with Gasteiger partial charge in [-0.15, -0.1) is 0 Å². The molecule has 1 atom stereocenters. The first kappa shape index (κ1) is 12.2. The van der Waals surface area contributed by atoms with Crippen LogP contribution in [0.4, 0.5) is 0 Å². The first-order chi connectivity index (χ1) is 7.24. The molecule has 86 valence electrons. The van der Waals surface area contributed by atoms with E-state index in [1.807, 2.05) is 23.9 Å². The van der Waals surface area contributed by atoms with Gasteiger partial charge in [-0.05, 0) is 32.9 Å². The molecule has 1 unspecified atom stereocenters. The van der Waals surface area contributed by atoms with Crippen molar-refractivity contribution in [2.45, 2.75) is 46.1 Å². The fourth-order valence-electron chi connectivity index (χ4n) is 1.58. The summed E-state index contributed by atoms with van der Waals surface area (Å²) < 4.78 is 2.03. The van der Waals surface area contributed by atoms with E-state index in [4.69, 9.17) is 0 Å². The second kappa shape index (κ2) is 6.62. The van der Waals surface area contributed by atoms with Gasteiger partial charge in [0.2, 0.25) is 0 Å². The molecule has 3 heteroatoms. The number of aryl methyl sites for hydroxylation is 1. The maximum atomic E-state index is 4.40. The predicted octanol–water partition coefficient (Wildman–Crippen LogP) is 2.53. The Hall–Kier alpha value is -0.830. The third kappa shape index (κ3) is 4.47. The molecule has 0 aromatic carbocycles. The maximum absolute atomic E-state index is 4.40.